The molecule has 0 nitrogen and oxygen atoms in total. The Bertz CT molecular complexity index is 262. The van der Waals surface area contributed by atoms with E-state index in [4.69, 9.17) is 0 Å². The molecule has 2 aliphatic carbocycles. The van der Waals surface area contributed by atoms with E-state index in [0.717, 1.165) is 40.1 Å². The van der Waals surface area contributed by atoms with E-state index in [1.165, 1.54) is 25.7 Å². The minimum absolute atomic E-state index is 0.974. The number of thioether (sulfide) groups is 1. The summed E-state index contributed by atoms with van der Waals surface area (Å²) in [6, 6.07) is 0. The predicted molar refractivity (Wildman–Crippen MR) is 72.7 cm³/mol. The van der Waals surface area contributed by atoms with E-state index in [0.29, 0.717) is 0 Å². The number of fused-ring (bicyclic) bond motifs is 3. The van der Waals surface area contributed by atoms with Crippen molar-refractivity contribution in [2.75, 3.05) is 0 Å². The normalized spacial score (nSPS) is 56.8. The molecule has 0 bridgehead atoms. The molecule has 1 aliphatic heterocycles. The summed E-state index contributed by atoms with van der Waals surface area (Å²) in [7, 11) is 0. The maximum absolute atomic E-state index is 2.52. The van der Waals surface area contributed by atoms with Gasteiger partial charge in [-0.1, -0.05) is 33.6 Å². The van der Waals surface area contributed by atoms with E-state index in [1.807, 2.05) is 0 Å². The van der Waals surface area contributed by atoms with Gasteiger partial charge < -0.3 is 0 Å². The van der Waals surface area contributed by atoms with Crippen molar-refractivity contribution in [1.82, 2.24) is 0 Å². The summed E-state index contributed by atoms with van der Waals surface area (Å²) in [5, 5.41) is 2.04. The molecule has 1 heteroatoms. The highest BCUT2D eigenvalue weighted by Crippen LogP contribution is 2.58. The van der Waals surface area contributed by atoms with Crippen molar-refractivity contribution in [3.8, 4) is 0 Å². The summed E-state index contributed by atoms with van der Waals surface area (Å²) in [6.07, 6.45) is 7.59. The molecule has 3 rings (SSSR count). The predicted octanol–water partition coefficient (Wildman–Crippen LogP) is 4.59. The Balaban J connectivity index is 1.81. The third-order valence-corrected chi connectivity index (χ3v) is 8.06. The van der Waals surface area contributed by atoms with Crippen LogP contribution in [0.5, 0.6) is 0 Å². The van der Waals surface area contributed by atoms with Crippen LogP contribution in [0.25, 0.3) is 0 Å². The van der Waals surface area contributed by atoms with E-state index in [9.17, 15) is 0 Å². The molecular weight excluding hydrogens is 212 g/mol. The smallest absolute Gasteiger partial charge is 0.0109 e. The van der Waals surface area contributed by atoms with Crippen LogP contribution in [0.1, 0.15) is 52.9 Å². The van der Waals surface area contributed by atoms with Gasteiger partial charge in [0.25, 0.3) is 0 Å². The fraction of sp³-hybridized carbons (Fsp3) is 1.00. The van der Waals surface area contributed by atoms with Crippen LogP contribution in [0.2, 0.25) is 0 Å². The van der Waals surface area contributed by atoms with Crippen molar-refractivity contribution < 1.29 is 0 Å². The van der Waals surface area contributed by atoms with Crippen LogP contribution in [0.4, 0.5) is 0 Å². The van der Waals surface area contributed by atoms with Crippen molar-refractivity contribution in [2.24, 2.45) is 29.6 Å². The molecule has 7 unspecified atom stereocenters. The Labute approximate surface area is 105 Å². The van der Waals surface area contributed by atoms with Gasteiger partial charge >= 0.3 is 0 Å². The van der Waals surface area contributed by atoms with Gasteiger partial charge in [-0.25, -0.2) is 0 Å². The van der Waals surface area contributed by atoms with E-state index >= 15 is 0 Å². The lowest BCUT2D eigenvalue weighted by atomic mass is 9.66. The second-order valence-corrected chi connectivity index (χ2v) is 8.08. The molecule has 0 amide bonds. The van der Waals surface area contributed by atoms with E-state index in [2.05, 4.69) is 32.5 Å². The first-order chi connectivity index (χ1) is 7.68. The first kappa shape index (κ1) is 11.4. The first-order valence-corrected chi connectivity index (χ1v) is 8.28. The van der Waals surface area contributed by atoms with Gasteiger partial charge in [-0.05, 0) is 48.9 Å². The molecule has 2 saturated carbocycles. The average Bonchev–Trinajstić information content (AvgIpc) is 2.65. The largest absolute Gasteiger partial charge is 0.154 e. The minimum Gasteiger partial charge on any atom is -0.154 e. The monoisotopic (exact) mass is 238 g/mol. The number of rotatable bonds is 0. The molecule has 1 saturated heterocycles. The lowest BCUT2D eigenvalue weighted by Gasteiger charge is -2.38. The molecule has 3 aliphatic rings. The van der Waals surface area contributed by atoms with Gasteiger partial charge in [0.2, 0.25) is 0 Å². The van der Waals surface area contributed by atoms with E-state index < -0.39 is 0 Å². The summed E-state index contributed by atoms with van der Waals surface area (Å²) >= 11 is 2.40. The molecule has 0 aromatic rings. The first-order valence-electron chi connectivity index (χ1n) is 7.34. The second-order valence-electron chi connectivity index (χ2n) is 6.71. The Morgan fingerprint density at radius 1 is 0.750 bits per heavy atom. The molecule has 0 aromatic carbocycles. The summed E-state index contributed by atoms with van der Waals surface area (Å²) in [6.45, 7) is 7.51. The van der Waals surface area contributed by atoms with Crippen molar-refractivity contribution in [2.45, 2.75) is 63.4 Å². The Hall–Kier alpha value is 0.350. The molecule has 3 fully saturated rings. The molecular formula is C15H26S. The lowest BCUT2D eigenvalue weighted by molar-refractivity contribution is 0.149. The SMILES string of the molecule is CC1CCC2C3CCCC(C)C3SC2C1C. The van der Waals surface area contributed by atoms with Crippen LogP contribution in [0.3, 0.4) is 0 Å². The van der Waals surface area contributed by atoms with Crippen molar-refractivity contribution in [1.29, 1.82) is 0 Å². The van der Waals surface area contributed by atoms with Crippen LogP contribution in [0, 0.1) is 29.6 Å². The summed E-state index contributed by atoms with van der Waals surface area (Å²) in [4.78, 5) is 0. The van der Waals surface area contributed by atoms with Crippen LogP contribution in [-0.2, 0) is 0 Å². The zero-order valence-corrected chi connectivity index (χ0v) is 11.8. The molecule has 0 spiro atoms. The molecule has 7 atom stereocenters. The Morgan fingerprint density at radius 2 is 1.50 bits per heavy atom. The van der Waals surface area contributed by atoms with E-state index in [1.54, 1.807) is 6.42 Å². The zero-order valence-electron chi connectivity index (χ0n) is 11.0. The topological polar surface area (TPSA) is 0 Å². The highest BCUT2D eigenvalue weighted by atomic mass is 32.2. The van der Waals surface area contributed by atoms with E-state index in [-0.39, 0.29) is 0 Å². The number of hydrogen-bond donors (Lipinski definition) is 0. The summed E-state index contributed by atoms with van der Waals surface area (Å²) in [5.74, 6) is 5.13. The lowest BCUT2D eigenvalue weighted by Crippen LogP contribution is -2.35. The average molecular weight is 238 g/mol. The molecule has 1 heterocycles. The van der Waals surface area contributed by atoms with Crippen LogP contribution in [0.15, 0.2) is 0 Å². The molecule has 0 aromatic heterocycles. The maximum atomic E-state index is 2.52. The van der Waals surface area contributed by atoms with Crippen LogP contribution >= 0.6 is 11.8 Å². The van der Waals surface area contributed by atoms with Gasteiger partial charge in [0, 0.05) is 10.5 Å². The second kappa shape index (κ2) is 4.23. The molecule has 16 heavy (non-hydrogen) atoms. The minimum atomic E-state index is 0.974. The van der Waals surface area contributed by atoms with Gasteiger partial charge in [-0.3, -0.25) is 0 Å². The highest BCUT2D eigenvalue weighted by molar-refractivity contribution is 8.00. The summed E-state index contributed by atoms with van der Waals surface area (Å²) < 4.78 is 0. The van der Waals surface area contributed by atoms with Gasteiger partial charge in [0.1, 0.15) is 0 Å². The summed E-state index contributed by atoms with van der Waals surface area (Å²) in [5.41, 5.74) is 0. The fourth-order valence-corrected chi connectivity index (χ4v) is 6.94. The fourth-order valence-electron chi connectivity index (χ4n) is 4.58. The zero-order chi connectivity index (χ0) is 11.3. The van der Waals surface area contributed by atoms with Crippen molar-refractivity contribution in [3.05, 3.63) is 0 Å². The highest BCUT2D eigenvalue weighted by Gasteiger charge is 2.50. The van der Waals surface area contributed by atoms with Gasteiger partial charge in [-0.2, -0.15) is 11.8 Å². The van der Waals surface area contributed by atoms with Crippen LogP contribution < -0.4 is 0 Å². The van der Waals surface area contributed by atoms with Crippen molar-refractivity contribution >= 4 is 11.8 Å². The Kier molecular flexibility index (Phi) is 3.02. The standard InChI is InChI=1S/C15H26S/c1-9-7-8-13-12-6-4-5-10(2)14(12)16-15(13)11(9)3/h9-15H,4-8H2,1-3H3. The van der Waals surface area contributed by atoms with Gasteiger partial charge in [-0.15, -0.1) is 0 Å². The van der Waals surface area contributed by atoms with Gasteiger partial charge in [0.05, 0.1) is 0 Å². The van der Waals surface area contributed by atoms with Crippen molar-refractivity contribution in [3.63, 3.8) is 0 Å². The number of hydrogen-bond acceptors (Lipinski definition) is 1. The third-order valence-electron chi connectivity index (χ3n) is 5.84. The van der Waals surface area contributed by atoms with Crippen LogP contribution in [-0.4, -0.2) is 10.5 Å². The molecule has 0 radical (unpaired) electrons. The maximum Gasteiger partial charge on any atom is 0.0109 e. The molecule has 92 valence electrons. The molecule has 0 N–H and O–H groups in total. The Morgan fingerprint density at radius 3 is 2.31 bits per heavy atom. The quantitative estimate of drug-likeness (QED) is 0.595. The third kappa shape index (κ3) is 1.65. The van der Waals surface area contributed by atoms with Gasteiger partial charge in [0.15, 0.2) is 0 Å².